The van der Waals surface area contributed by atoms with Gasteiger partial charge in [-0.15, -0.1) is 0 Å². The SMILES string of the molecule is CC1(C)CCc2c(NC3CC3)n[nH]c21. The highest BCUT2D eigenvalue weighted by Gasteiger charge is 2.35. The Labute approximate surface area is 84.3 Å². The summed E-state index contributed by atoms with van der Waals surface area (Å²) < 4.78 is 0. The molecule has 0 amide bonds. The van der Waals surface area contributed by atoms with Gasteiger partial charge in [0.15, 0.2) is 5.82 Å². The van der Waals surface area contributed by atoms with Gasteiger partial charge in [0.25, 0.3) is 0 Å². The van der Waals surface area contributed by atoms with Gasteiger partial charge in [-0.3, -0.25) is 5.10 Å². The molecule has 14 heavy (non-hydrogen) atoms. The van der Waals surface area contributed by atoms with Gasteiger partial charge in [0.1, 0.15) is 0 Å². The van der Waals surface area contributed by atoms with Crippen LogP contribution in [0.5, 0.6) is 0 Å². The molecule has 0 radical (unpaired) electrons. The first-order valence-corrected chi connectivity index (χ1v) is 5.51. The van der Waals surface area contributed by atoms with Crippen molar-refractivity contribution in [3.05, 3.63) is 11.3 Å². The Morgan fingerprint density at radius 1 is 1.43 bits per heavy atom. The fourth-order valence-electron chi connectivity index (χ4n) is 2.27. The molecule has 1 heterocycles. The van der Waals surface area contributed by atoms with Gasteiger partial charge >= 0.3 is 0 Å². The minimum atomic E-state index is 0.297. The molecule has 0 spiro atoms. The van der Waals surface area contributed by atoms with Gasteiger partial charge < -0.3 is 5.32 Å². The summed E-state index contributed by atoms with van der Waals surface area (Å²) >= 11 is 0. The second-order valence-electron chi connectivity index (χ2n) is 5.23. The molecule has 0 saturated heterocycles. The third-order valence-corrected chi connectivity index (χ3v) is 3.46. The number of nitrogens with one attached hydrogen (secondary N) is 2. The van der Waals surface area contributed by atoms with Crippen LogP contribution in [0, 0.1) is 0 Å². The Hall–Kier alpha value is -0.990. The molecular formula is C11H17N3. The summed E-state index contributed by atoms with van der Waals surface area (Å²) in [6, 6.07) is 0.700. The molecule has 3 heteroatoms. The van der Waals surface area contributed by atoms with Gasteiger partial charge in [0.2, 0.25) is 0 Å². The molecule has 0 aliphatic heterocycles. The van der Waals surface area contributed by atoms with E-state index in [1.165, 1.54) is 36.9 Å². The highest BCUT2D eigenvalue weighted by atomic mass is 15.2. The predicted octanol–water partition coefficient (Wildman–Crippen LogP) is 2.21. The first-order chi connectivity index (χ1) is 6.67. The van der Waals surface area contributed by atoms with Crippen LogP contribution in [0.15, 0.2) is 0 Å². The largest absolute Gasteiger partial charge is 0.366 e. The number of hydrogen-bond acceptors (Lipinski definition) is 2. The molecular weight excluding hydrogens is 174 g/mol. The maximum absolute atomic E-state index is 4.38. The maximum atomic E-state index is 4.38. The van der Waals surface area contributed by atoms with Crippen molar-refractivity contribution < 1.29 is 0 Å². The summed E-state index contributed by atoms with van der Waals surface area (Å²) in [4.78, 5) is 0. The van der Waals surface area contributed by atoms with Gasteiger partial charge in [-0.1, -0.05) is 13.8 Å². The fourth-order valence-corrected chi connectivity index (χ4v) is 2.27. The fraction of sp³-hybridized carbons (Fsp3) is 0.727. The van der Waals surface area contributed by atoms with E-state index in [4.69, 9.17) is 0 Å². The van der Waals surface area contributed by atoms with Gasteiger partial charge in [0, 0.05) is 22.7 Å². The molecule has 1 saturated carbocycles. The molecule has 2 aliphatic carbocycles. The number of anilines is 1. The minimum absolute atomic E-state index is 0.297. The molecule has 0 aromatic carbocycles. The van der Waals surface area contributed by atoms with E-state index in [9.17, 15) is 0 Å². The molecule has 2 N–H and O–H groups in total. The molecule has 1 aromatic rings. The van der Waals surface area contributed by atoms with Crippen LogP contribution in [0.25, 0.3) is 0 Å². The van der Waals surface area contributed by atoms with E-state index < -0.39 is 0 Å². The topological polar surface area (TPSA) is 40.7 Å². The third kappa shape index (κ3) is 1.15. The highest BCUT2D eigenvalue weighted by molar-refractivity contribution is 5.52. The lowest BCUT2D eigenvalue weighted by molar-refractivity contribution is 0.504. The minimum Gasteiger partial charge on any atom is -0.366 e. The molecule has 1 fully saturated rings. The van der Waals surface area contributed by atoms with E-state index in [1.54, 1.807) is 0 Å². The van der Waals surface area contributed by atoms with Crippen molar-refractivity contribution in [3.63, 3.8) is 0 Å². The zero-order chi connectivity index (χ0) is 9.76. The van der Waals surface area contributed by atoms with Gasteiger partial charge in [-0.05, 0) is 25.7 Å². The van der Waals surface area contributed by atoms with E-state index in [2.05, 4.69) is 29.4 Å². The second kappa shape index (κ2) is 2.53. The maximum Gasteiger partial charge on any atom is 0.151 e. The molecule has 0 atom stereocenters. The van der Waals surface area contributed by atoms with Crippen molar-refractivity contribution in [2.24, 2.45) is 0 Å². The zero-order valence-electron chi connectivity index (χ0n) is 8.85. The van der Waals surface area contributed by atoms with Crippen LogP contribution in [0.2, 0.25) is 0 Å². The molecule has 1 aromatic heterocycles. The lowest BCUT2D eigenvalue weighted by atomic mass is 9.91. The van der Waals surface area contributed by atoms with Gasteiger partial charge in [-0.2, -0.15) is 5.10 Å². The lowest BCUT2D eigenvalue weighted by Gasteiger charge is -2.15. The standard InChI is InChI=1S/C11H17N3/c1-11(2)6-5-8-9(11)13-14-10(8)12-7-3-4-7/h7H,3-6H2,1-2H3,(H2,12,13,14). The molecule has 2 aliphatic rings. The molecule has 3 rings (SSSR count). The highest BCUT2D eigenvalue weighted by Crippen LogP contribution is 2.40. The summed E-state index contributed by atoms with van der Waals surface area (Å²) in [6.45, 7) is 4.58. The number of aromatic amines is 1. The number of H-pyrrole nitrogens is 1. The van der Waals surface area contributed by atoms with E-state index in [1.807, 2.05) is 0 Å². The molecule has 76 valence electrons. The van der Waals surface area contributed by atoms with Crippen LogP contribution in [-0.2, 0) is 11.8 Å². The average Bonchev–Trinajstić information content (AvgIpc) is 2.74. The molecule has 0 bridgehead atoms. The number of rotatable bonds is 2. The van der Waals surface area contributed by atoms with E-state index >= 15 is 0 Å². The Morgan fingerprint density at radius 2 is 2.21 bits per heavy atom. The van der Waals surface area contributed by atoms with Crippen LogP contribution >= 0.6 is 0 Å². The van der Waals surface area contributed by atoms with Crippen LogP contribution < -0.4 is 5.32 Å². The van der Waals surface area contributed by atoms with Crippen molar-refractivity contribution in [2.75, 3.05) is 5.32 Å². The van der Waals surface area contributed by atoms with Crippen LogP contribution in [0.3, 0.4) is 0 Å². The van der Waals surface area contributed by atoms with E-state index in [0.717, 1.165) is 5.82 Å². The van der Waals surface area contributed by atoms with Gasteiger partial charge in [-0.25, -0.2) is 0 Å². The van der Waals surface area contributed by atoms with Crippen molar-refractivity contribution >= 4 is 5.82 Å². The first kappa shape index (κ1) is 8.33. The zero-order valence-corrected chi connectivity index (χ0v) is 8.85. The van der Waals surface area contributed by atoms with Crippen molar-refractivity contribution in [2.45, 2.75) is 51.0 Å². The second-order valence-corrected chi connectivity index (χ2v) is 5.23. The smallest absolute Gasteiger partial charge is 0.151 e. The quantitative estimate of drug-likeness (QED) is 0.752. The van der Waals surface area contributed by atoms with E-state index in [-0.39, 0.29) is 0 Å². The normalized spacial score (nSPS) is 23.6. The summed E-state index contributed by atoms with van der Waals surface area (Å²) in [5.41, 5.74) is 3.08. The van der Waals surface area contributed by atoms with Crippen LogP contribution in [-0.4, -0.2) is 16.2 Å². The average molecular weight is 191 g/mol. The van der Waals surface area contributed by atoms with Crippen molar-refractivity contribution in [1.29, 1.82) is 0 Å². The number of aromatic nitrogens is 2. The Morgan fingerprint density at radius 3 is 2.93 bits per heavy atom. The van der Waals surface area contributed by atoms with E-state index in [0.29, 0.717) is 11.5 Å². The summed E-state index contributed by atoms with van der Waals surface area (Å²) in [6.07, 6.45) is 5.04. The monoisotopic (exact) mass is 191 g/mol. The van der Waals surface area contributed by atoms with Crippen LogP contribution in [0.4, 0.5) is 5.82 Å². The lowest BCUT2D eigenvalue weighted by Crippen LogP contribution is -2.12. The van der Waals surface area contributed by atoms with Crippen molar-refractivity contribution in [3.8, 4) is 0 Å². The number of nitrogens with zero attached hydrogens (tertiary/aromatic N) is 1. The number of hydrogen-bond donors (Lipinski definition) is 2. The Balaban J connectivity index is 1.93. The summed E-state index contributed by atoms with van der Waals surface area (Å²) in [7, 11) is 0. The van der Waals surface area contributed by atoms with Gasteiger partial charge in [0.05, 0.1) is 0 Å². The molecule has 0 unspecified atom stereocenters. The van der Waals surface area contributed by atoms with Crippen molar-refractivity contribution in [1.82, 2.24) is 10.2 Å². The Kier molecular flexibility index (Phi) is 1.50. The summed E-state index contributed by atoms with van der Waals surface area (Å²) in [5.74, 6) is 1.12. The molecule has 3 nitrogen and oxygen atoms in total. The predicted molar refractivity (Wildman–Crippen MR) is 56.6 cm³/mol. The Bertz CT molecular complexity index is 361. The third-order valence-electron chi connectivity index (χ3n) is 3.46. The summed E-state index contributed by atoms with van der Waals surface area (Å²) in [5, 5.41) is 11.1. The number of fused-ring (bicyclic) bond motifs is 1. The van der Waals surface area contributed by atoms with Crippen LogP contribution in [0.1, 0.15) is 44.4 Å². The first-order valence-electron chi connectivity index (χ1n) is 5.51.